The van der Waals surface area contributed by atoms with Crippen molar-refractivity contribution in [1.82, 2.24) is 4.90 Å². The molecule has 2 amide bonds. The minimum absolute atomic E-state index is 0.0418. The summed E-state index contributed by atoms with van der Waals surface area (Å²) in [6.45, 7) is 2.49. The van der Waals surface area contributed by atoms with Crippen molar-refractivity contribution in [3.63, 3.8) is 0 Å². The molecule has 3 rings (SSSR count). The first-order valence-corrected chi connectivity index (χ1v) is 8.86. The van der Waals surface area contributed by atoms with E-state index in [1.807, 2.05) is 30.3 Å². The largest absolute Gasteiger partial charge is 0.339 e. The second-order valence-corrected chi connectivity index (χ2v) is 6.63. The molecule has 2 aromatic carbocycles. The topological polar surface area (TPSA) is 92.6 Å². The Kier molecular flexibility index (Phi) is 5.49. The number of nitrogens with zero attached hydrogens (tertiary/aromatic N) is 2. The van der Waals surface area contributed by atoms with Gasteiger partial charge >= 0.3 is 0 Å². The van der Waals surface area contributed by atoms with Crippen LogP contribution in [0.4, 0.5) is 11.4 Å². The van der Waals surface area contributed by atoms with Gasteiger partial charge in [-0.3, -0.25) is 19.7 Å². The molecule has 0 atom stereocenters. The van der Waals surface area contributed by atoms with Gasteiger partial charge in [-0.25, -0.2) is 0 Å². The molecule has 7 nitrogen and oxygen atoms in total. The zero-order valence-electron chi connectivity index (χ0n) is 15.1. The van der Waals surface area contributed by atoms with Crippen LogP contribution in [0.25, 0.3) is 0 Å². The third kappa shape index (κ3) is 4.13. The summed E-state index contributed by atoms with van der Waals surface area (Å²) in [4.78, 5) is 37.4. The van der Waals surface area contributed by atoms with E-state index < -0.39 is 4.92 Å². The van der Waals surface area contributed by atoms with Gasteiger partial charge in [-0.05, 0) is 38.0 Å². The molecule has 7 heteroatoms. The van der Waals surface area contributed by atoms with E-state index in [9.17, 15) is 19.7 Å². The van der Waals surface area contributed by atoms with Crippen LogP contribution in [-0.2, 0) is 4.79 Å². The second-order valence-electron chi connectivity index (χ2n) is 6.63. The molecule has 0 saturated carbocycles. The maximum Gasteiger partial charge on any atom is 0.273 e. The van der Waals surface area contributed by atoms with Crippen molar-refractivity contribution in [2.75, 3.05) is 18.4 Å². The molecule has 0 bridgehead atoms. The number of rotatable bonds is 4. The number of anilines is 1. The van der Waals surface area contributed by atoms with Crippen LogP contribution in [0.3, 0.4) is 0 Å². The summed E-state index contributed by atoms with van der Waals surface area (Å²) >= 11 is 0. The number of carbonyl (C=O) groups excluding carboxylic acids is 2. The fraction of sp³-hybridized carbons (Fsp3) is 0.300. The van der Waals surface area contributed by atoms with Crippen LogP contribution in [0.2, 0.25) is 0 Å². The predicted molar refractivity (Wildman–Crippen MR) is 102 cm³/mol. The summed E-state index contributed by atoms with van der Waals surface area (Å²) in [7, 11) is 0. The van der Waals surface area contributed by atoms with Gasteiger partial charge in [-0.15, -0.1) is 0 Å². The molecule has 0 radical (unpaired) electrons. The lowest BCUT2D eigenvalue weighted by molar-refractivity contribution is -0.385. The van der Waals surface area contributed by atoms with Crippen molar-refractivity contribution in [1.29, 1.82) is 0 Å². The summed E-state index contributed by atoms with van der Waals surface area (Å²) < 4.78 is 0. The van der Waals surface area contributed by atoms with Gasteiger partial charge in [0.25, 0.3) is 11.6 Å². The maximum atomic E-state index is 12.8. The van der Waals surface area contributed by atoms with E-state index in [-0.39, 0.29) is 23.4 Å². The number of piperidine rings is 1. The van der Waals surface area contributed by atoms with Crippen LogP contribution in [0.1, 0.15) is 28.8 Å². The van der Waals surface area contributed by atoms with Gasteiger partial charge in [0.05, 0.1) is 4.92 Å². The van der Waals surface area contributed by atoms with Crippen LogP contribution < -0.4 is 5.32 Å². The van der Waals surface area contributed by atoms with Crippen molar-refractivity contribution in [2.24, 2.45) is 5.92 Å². The van der Waals surface area contributed by atoms with Gasteiger partial charge in [0.2, 0.25) is 5.91 Å². The minimum Gasteiger partial charge on any atom is -0.339 e. The first kappa shape index (κ1) is 18.6. The van der Waals surface area contributed by atoms with E-state index in [0.717, 1.165) is 5.69 Å². The number of nitro groups is 1. The fourth-order valence-corrected chi connectivity index (χ4v) is 3.33. The van der Waals surface area contributed by atoms with Gasteiger partial charge in [-0.1, -0.05) is 24.3 Å². The third-order valence-electron chi connectivity index (χ3n) is 4.93. The fourth-order valence-electron chi connectivity index (χ4n) is 3.33. The molecule has 2 aromatic rings. The predicted octanol–water partition coefficient (Wildman–Crippen LogP) is 3.39. The zero-order chi connectivity index (χ0) is 19.4. The molecule has 0 spiro atoms. The van der Waals surface area contributed by atoms with Crippen LogP contribution in [0, 0.1) is 23.0 Å². The van der Waals surface area contributed by atoms with E-state index in [1.165, 1.54) is 12.1 Å². The lowest BCUT2D eigenvalue weighted by atomic mass is 9.94. The first-order valence-electron chi connectivity index (χ1n) is 8.86. The van der Waals surface area contributed by atoms with E-state index >= 15 is 0 Å². The monoisotopic (exact) mass is 367 g/mol. The van der Waals surface area contributed by atoms with Gasteiger partial charge in [-0.2, -0.15) is 0 Å². The average Bonchev–Trinajstić information content (AvgIpc) is 2.68. The highest BCUT2D eigenvalue weighted by molar-refractivity contribution is 5.97. The average molecular weight is 367 g/mol. The Labute approximate surface area is 157 Å². The standard InChI is InChI=1S/C20H21N3O4/c1-14-17(8-5-9-18(14)23(26)27)20(25)22-12-10-15(11-13-22)19(24)21-16-6-3-2-4-7-16/h2-9,15H,10-13H2,1H3,(H,21,24). The minimum atomic E-state index is -0.480. The van der Waals surface area contributed by atoms with Gasteiger partial charge in [0, 0.05) is 41.9 Å². The highest BCUT2D eigenvalue weighted by Crippen LogP contribution is 2.25. The number of nitro benzene ring substituents is 1. The SMILES string of the molecule is Cc1c(C(=O)N2CCC(C(=O)Nc3ccccc3)CC2)cccc1[N+](=O)[O-]. The number of amides is 2. The molecule has 0 aromatic heterocycles. The normalized spacial score (nSPS) is 14.6. The molecule has 1 aliphatic heterocycles. The highest BCUT2D eigenvalue weighted by Gasteiger charge is 2.29. The van der Waals surface area contributed by atoms with E-state index in [0.29, 0.717) is 37.1 Å². The summed E-state index contributed by atoms with van der Waals surface area (Å²) in [5, 5.41) is 14.0. The smallest absolute Gasteiger partial charge is 0.273 e. The Morgan fingerprint density at radius 3 is 2.37 bits per heavy atom. The second kappa shape index (κ2) is 7.99. The molecule has 1 N–H and O–H groups in total. The van der Waals surface area contributed by atoms with Crippen LogP contribution >= 0.6 is 0 Å². The number of likely N-dealkylation sites (tertiary alicyclic amines) is 1. The van der Waals surface area contributed by atoms with Gasteiger partial charge in [0.15, 0.2) is 0 Å². The number of carbonyl (C=O) groups is 2. The van der Waals surface area contributed by atoms with Crippen LogP contribution in [0.15, 0.2) is 48.5 Å². The van der Waals surface area contributed by atoms with Crippen molar-refractivity contribution in [2.45, 2.75) is 19.8 Å². The summed E-state index contributed by atoms with van der Waals surface area (Å²) in [6.07, 6.45) is 1.14. The number of nitrogens with one attached hydrogen (secondary N) is 1. The van der Waals surface area contributed by atoms with E-state index in [2.05, 4.69) is 5.32 Å². The molecule has 27 heavy (non-hydrogen) atoms. The Morgan fingerprint density at radius 2 is 1.74 bits per heavy atom. The Balaban J connectivity index is 1.62. The Morgan fingerprint density at radius 1 is 1.07 bits per heavy atom. The Bertz CT molecular complexity index is 859. The molecule has 0 aliphatic carbocycles. The molecule has 0 unspecified atom stereocenters. The van der Waals surface area contributed by atoms with Crippen molar-refractivity contribution in [3.8, 4) is 0 Å². The summed E-state index contributed by atoms with van der Waals surface area (Å²) in [6, 6.07) is 13.8. The molecule has 1 saturated heterocycles. The van der Waals surface area contributed by atoms with Gasteiger partial charge < -0.3 is 10.2 Å². The highest BCUT2D eigenvalue weighted by atomic mass is 16.6. The zero-order valence-corrected chi connectivity index (χ0v) is 15.1. The van der Waals surface area contributed by atoms with Crippen molar-refractivity contribution < 1.29 is 14.5 Å². The third-order valence-corrected chi connectivity index (χ3v) is 4.93. The van der Waals surface area contributed by atoms with E-state index in [1.54, 1.807) is 17.9 Å². The molecule has 1 heterocycles. The maximum absolute atomic E-state index is 12.8. The number of hydrogen-bond donors (Lipinski definition) is 1. The van der Waals surface area contributed by atoms with E-state index in [4.69, 9.17) is 0 Å². The lowest BCUT2D eigenvalue weighted by Gasteiger charge is -2.31. The van der Waals surface area contributed by atoms with Crippen molar-refractivity contribution in [3.05, 3.63) is 69.8 Å². The van der Waals surface area contributed by atoms with Crippen LogP contribution in [-0.4, -0.2) is 34.7 Å². The first-order chi connectivity index (χ1) is 13.0. The number of benzene rings is 2. The summed E-state index contributed by atoms with van der Waals surface area (Å²) in [5.41, 5.74) is 1.42. The molecule has 1 aliphatic rings. The van der Waals surface area contributed by atoms with Crippen molar-refractivity contribution >= 4 is 23.2 Å². The quantitative estimate of drug-likeness (QED) is 0.662. The molecule has 1 fully saturated rings. The van der Waals surface area contributed by atoms with Crippen LogP contribution in [0.5, 0.6) is 0 Å². The molecular formula is C20H21N3O4. The Hall–Kier alpha value is -3.22. The number of para-hydroxylation sites is 1. The lowest BCUT2D eigenvalue weighted by Crippen LogP contribution is -2.41. The number of hydrogen-bond acceptors (Lipinski definition) is 4. The van der Waals surface area contributed by atoms with Gasteiger partial charge in [0.1, 0.15) is 0 Å². The molecular weight excluding hydrogens is 346 g/mol. The summed E-state index contributed by atoms with van der Waals surface area (Å²) in [5.74, 6) is -0.418. The molecule has 140 valence electrons.